The zero-order valence-corrected chi connectivity index (χ0v) is 8.21. The monoisotopic (exact) mass is 182 g/mol. The molecule has 60 valence electrons. The third-order valence-corrected chi connectivity index (χ3v) is 1.70. The van der Waals surface area contributed by atoms with E-state index in [9.17, 15) is 0 Å². The Morgan fingerprint density at radius 1 is 1.40 bits per heavy atom. The van der Waals surface area contributed by atoms with Crippen molar-refractivity contribution < 1.29 is 4.48 Å². The summed E-state index contributed by atoms with van der Waals surface area (Å²) >= 11 is 11.2. The van der Waals surface area contributed by atoms with E-state index in [1.165, 1.54) is 0 Å². The molecule has 0 saturated heterocycles. The van der Waals surface area contributed by atoms with E-state index in [2.05, 4.69) is 21.1 Å². The Morgan fingerprint density at radius 2 is 1.90 bits per heavy atom. The first kappa shape index (κ1) is 10.3. The van der Waals surface area contributed by atoms with Crippen LogP contribution in [0, 0.1) is 0 Å². The molecule has 0 aromatic rings. The van der Waals surface area contributed by atoms with Gasteiger partial charge >= 0.3 is 0 Å². The summed E-state index contributed by atoms with van der Waals surface area (Å²) in [6.07, 6.45) is 1.95. The van der Waals surface area contributed by atoms with Crippen LogP contribution in [0.2, 0.25) is 0 Å². The fourth-order valence-electron chi connectivity index (χ4n) is 0.427. The summed E-state index contributed by atoms with van der Waals surface area (Å²) in [6.45, 7) is 0.922. The van der Waals surface area contributed by atoms with Crippen molar-refractivity contribution in [3.63, 3.8) is 0 Å². The first-order valence-electron chi connectivity index (χ1n) is 3.16. The van der Waals surface area contributed by atoms with Gasteiger partial charge in [-0.05, 0) is 6.08 Å². The van der Waals surface area contributed by atoms with Crippen LogP contribution >= 0.6 is 23.2 Å². The summed E-state index contributed by atoms with van der Waals surface area (Å²) in [5.74, 6) is 0.418. The second-order valence-corrected chi connectivity index (χ2v) is 4.01. The molecule has 0 aromatic carbocycles. The molecule has 0 fully saturated rings. The molecule has 0 bridgehead atoms. The fraction of sp³-hybridized carbons (Fsp3) is 0.714. The minimum atomic E-state index is 0.418. The van der Waals surface area contributed by atoms with Gasteiger partial charge in [-0.1, -0.05) is 11.6 Å². The molecule has 0 amide bonds. The number of alkyl halides is 1. The lowest BCUT2D eigenvalue weighted by Crippen LogP contribution is -2.34. The second-order valence-electron chi connectivity index (χ2n) is 3.26. The van der Waals surface area contributed by atoms with Gasteiger partial charge < -0.3 is 4.48 Å². The highest BCUT2D eigenvalue weighted by Crippen LogP contribution is 2.04. The number of rotatable bonds is 3. The first-order chi connectivity index (χ1) is 4.45. The Bertz CT molecular complexity index is 124. The van der Waals surface area contributed by atoms with Crippen LogP contribution in [0.15, 0.2) is 11.1 Å². The van der Waals surface area contributed by atoms with Crippen LogP contribution in [0.25, 0.3) is 0 Å². The first-order valence-corrected chi connectivity index (χ1v) is 4.08. The van der Waals surface area contributed by atoms with Gasteiger partial charge in [0.1, 0.15) is 0 Å². The average molecular weight is 183 g/mol. The third kappa shape index (κ3) is 6.40. The van der Waals surface area contributed by atoms with E-state index in [0.29, 0.717) is 5.88 Å². The molecule has 0 unspecified atom stereocenters. The number of halogens is 2. The SMILES string of the molecule is C[N+](C)(C)C/C=C(/Cl)CCl. The average Bonchev–Trinajstić information content (AvgIpc) is 1.81. The maximum atomic E-state index is 5.69. The molecule has 0 aliphatic carbocycles. The summed E-state index contributed by atoms with van der Waals surface area (Å²) in [6, 6.07) is 0. The van der Waals surface area contributed by atoms with Crippen LogP contribution in [0.5, 0.6) is 0 Å². The van der Waals surface area contributed by atoms with Crippen molar-refractivity contribution in [1.82, 2.24) is 0 Å². The van der Waals surface area contributed by atoms with E-state index < -0.39 is 0 Å². The Hall–Kier alpha value is 0.280. The molecule has 0 atom stereocenters. The molecule has 0 radical (unpaired) electrons. The minimum Gasteiger partial charge on any atom is -0.328 e. The van der Waals surface area contributed by atoms with Gasteiger partial charge in [-0.25, -0.2) is 0 Å². The van der Waals surface area contributed by atoms with Gasteiger partial charge in [0.2, 0.25) is 0 Å². The minimum absolute atomic E-state index is 0.418. The molecular weight excluding hydrogens is 169 g/mol. The van der Waals surface area contributed by atoms with Gasteiger partial charge in [-0.15, -0.1) is 11.6 Å². The number of quaternary nitrogens is 1. The van der Waals surface area contributed by atoms with Gasteiger partial charge in [0.15, 0.2) is 0 Å². The van der Waals surface area contributed by atoms with E-state index in [4.69, 9.17) is 23.2 Å². The van der Waals surface area contributed by atoms with E-state index in [1.54, 1.807) is 0 Å². The van der Waals surface area contributed by atoms with Crippen molar-refractivity contribution in [3.8, 4) is 0 Å². The van der Waals surface area contributed by atoms with E-state index in [-0.39, 0.29) is 0 Å². The molecule has 0 aromatic heterocycles. The predicted octanol–water partition coefficient (Wildman–Crippen LogP) is 2.05. The summed E-state index contributed by atoms with van der Waals surface area (Å²) < 4.78 is 0.882. The van der Waals surface area contributed by atoms with Gasteiger partial charge in [0.25, 0.3) is 0 Å². The lowest BCUT2D eigenvalue weighted by atomic mass is 10.4. The van der Waals surface area contributed by atoms with Gasteiger partial charge in [-0.3, -0.25) is 0 Å². The smallest absolute Gasteiger partial charge is 0.0982 e. The molecule has 0 N–H and O–H groups in total. The largest absolute Gasteiger partial charge is 0.328 e. The molecule has 0 rings (SSSR count). The van der Waals surface area contributed by atoms with Crippen molar-refractivity contribution in [1.29, 1.82) is 0 Å². The van der Waals surface area contributed by atoms with E-state index in [1.807, 2.05) is 6.08 Å². The Morgan fingerprint density at radius 3 is 2.20 bits per heavy atom. The zero-order chi connectivity index (χ0) is 8.20. The van der Waals surface area contributed by atoms with E-state index >= 15 is 0 Å². The maximum absolute atomic E-state index is 5.69. The highest BCUT2D eigenvalue weighted by molar-refractivity contribution is 6.35. The van der Waals surface area contributed by atoms with Crippen LogP contribution in [0.3, 0.4) is 0 Å². The molecule has 0 spiro atoms. The maximum Gasteiger partial charge on any atom is 0.0982 e. The lowest BCUT2D eigenvalue weighted by molar-refractivity contribution is -0.864. The molecule has 3 heteroatoms. The van der Waals surface area contributed by atoms with Crippen molar-refractivity contribution in [2.45, 2.75) is 0 Å². The van der Waals surface area contributed by atoms with Crippen molar-refractivity contribution in [3.05, 3.63) is 11.1 Å². The Kier molecular flexibility index (Phi) is 4.34. The fourth-order valence-corrected chi connectivity index (χ4v) is 0.606. The normalized spacial score (nSPS) is 13.9. The number of likely N-dealkylation sites (N-methyl/N-ethyl adjacent to an activating group) is 1. The second kappa shape index (κ2) is 4.22. The number of allylic oxidation sites excluding steroid dienone is 1. The Balaban J connectivity index is 3.73. The summed E-state index contributed by atoms with van der Waals surface area (Å²) in [7, 11) is 6.32. The topological polar surface area (TPSA) is 0 Å². The molecule has 0 aliphatic heterocycles. The predicted molar refractivity (Wildman–Crippen MR) is 47.6 cm³/mol. The van der Waals surface area contributed by atoms with Crippen LogP contribution in [-0.2, 0) is 0 Å². The van der Waals surface area contributed by atoms with Gasteiger partial charge in [0.05, 0.1) is 33.6 Å². The van der Waals surface area contributed by atoms with E-state index in [0.717, 1.165) is 16.1 Å². The molecule has 1 nitrogen and oxygen atoms in total. The number of hydrogen-bond donors (Lipinski definition) is 0. The molecule has 10 heavy (non-hydrogen) atoms. The standard InChI is InChI=1S/C7H14Cl2N/c1-10(2,3)5-4-7(9)6-8/h4H,5-6H2,1-3H3/q+1/b7-4+. The quantitative estimate of drug-likeness (QED) is 0.464. The molecule has 0 aliphatic rings. The van der Waals surface area contributed by atoms with Gasteiger partial charge in [0, 0.05) is 5.03 Å². The molecular formula is C7H14Cl2N+. The number of hydrogen-bond acceptors (Lipinski definition) is 0. The van der Waals surface area contributed by atoms with Crippen molar-refractivity contribution in [2.75, 3.05) is 33.6 Å². The third-order valence-electron chi connectivity index (χ3n) is 0.988. The summed E-state index contributed by atoms with van der Waals surface area (Å²) in [5, 5.41) is 0.731. The van der Waals surface area contributed by atoms with Crippen LogP contribution in [0.4, 0.5) is 0 Å². The zero-order valence-electron chi connectivity index (χ0n) is 6.69. The Labute approximate surface area is 72.8 Å². The highest BCUT2D eigenvalue weighted by Gasteiger charge is 2.03. The van der Waals surface area contributed by atoms with Crippen LogP contribution in [-0.4, -0.2) is 38.1 Å². The van der Waals surface area contributed by atoms with Crippen LogP contribution < -0.4 is 0 Å². The van der Waals surface area contributed by atoms with Crippen molar-refractivity contribution >= 4 is 23.2 Å². The van der Waals surface area contributed by atoms with Gasteiger partial charge in [-0.2, -0.15) is 0 Å². The van der Waals surface area contributed by atoms with Crippen LogP contribution in [0.1, 0.15) is 0 Å². The summed E-state index contributed by atoms with van der Waals surface area (Å²) in [5.41, 5.74) is 0. The van der Waals surface area contributed by atoms with Crippen molar-refractivity contribution in [2.24, 2.45) is 0 Å². The highest BCUT2D eigenvalue weighted by atomic mass is 35.5. The summed E-state index contributed by atoms with van der Waals surface area (Å²) in [4.78, 5) is 0. The molecule has 0 heterocycles. The lowest BCUT2D eigenvalue weighted by Gasteiger charge is -2.21. The molecule has 0 saturated carbocycles. The number of nitrogens with zero attached hydrogens (tertiary/aromatic N) is 1.